The fourth-order valence-electron chi connectivity index (χ4n) is 5.02. The standard InChI is InChI=1S/C24H25O3P/c1-3-15-13-17-9-5-7-11-19(17)21-22-20-12-8-6-10-18(20)14-16(4-2)24(22)27-28(25)26-23(15)21/h3-4,13-14,25H,1-2,5-12H2. The van der Waals surface area contributed by atoms with Gasteiger partial charge in [-0.15, -0.1) is 0 Å². The van der Waals surface area contributed by atoms with E-state index >= 15 is 0 Å². The third kappa shape index (κ3) is 2.69. The van der Waals surface area contributed by atoms with Crippen LogP contribution in [0, 0.1) is 0 Å². The molecule has 5 rings (SSSR count). The number of benzene rings is 2. The minimum absolute atomic E-state index is 0.733. The molecule has 0 saturated heterocycles. The van der Waals surface area contributed by atoms with E-state index in [1.54, 1.807) is 0 Å². The summed E-state index contributed by atoms with van der Waals surface area (Å²) >= 11 is 0. The topological polar surface area (TPSA) is 46.5 Å². The van der Waals surface area contributed by atoms with Crippen molar-refractivity contribution in [1.29, 1.82) is 0 Å². The summed E-state index contributed by atoms with van der Waals surface area (Å²) in [5, 5.41) is 2.26. The number of fused-ring (bicyclic) bond motifs is 7. The number of hydrogen-bond acceptors (Lipinski definition) is 3. The smallest absolute Gasteiger partial charge is 0.384 e. The summed E-state index contributed by atoms with van der Waals surface area (Å²) in [6.07, 6.45) is 12.7. The van der Waals surface area contributed by atoms with E-state index in [2.05, 4.69) is 25.3 Å². The van der Waals surface area contributed by atoms with Crippen molar-refractivity contribution in [3.63, 3.8) is 0 Å². The van der Waals surface area contributed by atoms with Crippen LogP contribution in [0.25, 0.3) is 34.1 Å². The highest BCUT2D eigenvalue weighted by Crippen LogP contribution is 2.44. The van der Waals surface area contributed by atoms with Gasteiger partial charge in [-0.2, -0.15) is 0 Å². The molecule has 0 aliphatic heterocycles. The fourth-order valence-corrected chi connectivity index (χ4v) is 5.76. The van der Waals surface area contributed by atoms with Crippen LogP contribution < -0.4 is 0 Å². The van der Waals surface area contributed by atoms with Crippen molar-refractivity contribution >= 4 is 42.3 Å². The third-order valence-electron chi connectivity index (χ3n) is 6.29. The van der Waals surface area contributed by atoms with Gasteiger partial charge in [-0.25, -0.2) is 0 Å². The maximum atomic E-state index is 10.6. The molecule has 1 aromatic heterocycles. The molecule has 2 aromatic carbocycles. The first-order valence-electron chi connectivity index (χ1n) is 10.2. The Morgan fingerprint density at radius 2 is 1.18 bits per heavy atom. The van der Waals surface area contributed by atoms with Crippen LogP contribution in [-0.4, -0.2) is 4.89 Å². The van der Waals surface area contributed by atoms with Crippen molar-refractivity contribution in [3.8, 4) is 0 Å². The molecule has 1 heterocycles. The van der Waals surface area contributed by atoms with Gasteiger partial charge in [0.05, 0.1) is 0 Å². The number of aryl methyl sites for hydroxylation is 4. The van der Waals surface area contributed by atoms with Crippen molar-refractivity contribution < 1.29 is 13.3 Å². The van der Waals surface area contributed by atoms with E-state index in [1.165, 1.54) is 47.9 Å². The predicted molar refractivity (Wildman–Crippen MR) is 117 cm³/mol. The average molecular weight is 392 g/mol. The molecule has 2 aliphatic rings. The molecule has 0 unspecified atom stereocenters. The normalized spacial score (nSPS) is 15.9. The lowest BCUT2D eigenvalue weighted by Gasteiger charge is -2.22. The van der Waals surface area contributed by atoms with Gasteiger partial charge in [0.25, 0.3) is 0 Å². The van der Waals surface area contributed by atoms with Crippen LogP contribution in [0.15, 0.2) is 33.7 Å². The van der Waals surface area contributed by atoms with Crippen molar-refractivity contribution in [3.05, 3.63) is 58.7 Å². The highest BCUT2D eigenvalue weighted by atomic mass is 31.1. The second-order valence-corrected chi connectivity index (χ2v) is 8.70. The van der Waals surface area contributed by atoms with Crippen LogP contribution in [0.5, 0.6) is 0 Å². The molecule has 0 amide bonds. The van der Waals surface area contributed by atoms with Crippen molar-refractivity contribution in [2.24, 2.45) is 0 Å². The molecule has 3 nitrogen and oxygen atoms in total. The Labute approximate surface area is 166 Å². The Bertz CT molecular complexity index is 1080. The Balaban J connectivity index is 2.12. The van der Waals surface area contributed by atoms with Crippen molar-refractivity contribution in [2.45, 2.75) is 51.4 Å². The van der Waals surface area contributed by atoms with Gasteiger partial charge in [0.2, 0.25) is 0 Å². The zero-order valence-electron chi connectivity index (χ0n) is 16.1. The highest BCUT2D eigenvalue weighted by Gasteiger charge is 2.24. The van der Waals surface area contributed by atoms with Crippen LogP contribution in [0.1, 0.15) is 59.1 Å². The first kappa shape index (κ1) is 17.8. The van der Waals surface area contributed by atoms with Crippen molar-refractivity contribution in [1.82, 2.24) is 0 Å². The molecule has 0 radical (unpaired) electrons. The summed E-state index contributed by atoms with van der Waals surface area (Å²) in [6, 6.07) is 4.39. The average Bonchev–Trinajstić information content (AvgIpc) is 2.88. The molecule has 4 heteroatoms. The Morgan fingerprint density at radius 1 is 0.750 bits per heavy atom. The third-order valence-corrected chi connectivity index (χ3v) is 6.97. The Morgan fingerprint density at radius 3 is 1.61 bits per heavy atom. The second kappa shape index (κ2) is 6.99. The zero-order chi connectivity index (χ0) is 19.3. The summed E-state index contributed by atoms with van der Waals surface area (Å²) in [6.45, 7) is 8.02. The Hall–Kier alpha value is -2.22. The number of hydrogen-bond donors (Lipinski definition) is 1. The molecule has 0 saturated carbocycles. The lowest BCUT2D eigenvalue weighted by Crippen LogP contribution is -2.07. The molecule has 0 spiro atoms. The molecule has 28 heavy (non-hydrogen) atoms. The summed E-state index contributed by atoms with van der Waals surface area (Å²) in [5.74, 6) is 0. The first-order chi connectivity index (χ1) is 13.7. The van der Waals surface area contributed by atoms with Crippen molar-refractivity contribution in [2.75, 3.05) is 0 Å². The van der Waals surface area contributed by atoms with E-state index in [0.29, 0.717) is 0 Å². The highest BCUT2D eigenvalue weighted by molar-refractivity contribution is 7.30. The lowest BCUT2D eigenvalue weighted by molar-refractivity contribution is 0.495. The summed E-state index contributed by atoms with van der Waals surface area (Å²) in [5.41, 5.74) is 8.84. The quantitative estimate of drug-likeness (QED) is 0.506. The number of rotatable bonds is 2. The van der Waals surface area contributed by atoms with Gasteiger partial charge in [-0.1, -0.05) is 25.3 Å². The van der Waals surface area contributed by atoms with Crippen LogP contribution in [-0.2, 0) is 25.7 Å². The SMILES string of the molecule is C=Cc1cc2c(c3c1op(O)oc1c(C=C)cc4c(c13)CCCC4)CCCC2. The molecular formula is C24H25O3P. The molecule has 2 aliphatic carbocycles. The molecular weight excluding hydrogens is 367 g/mol. The van der Waals surface area contributed by atoms with E-state index < -0.39 is 8.24 Å². The van der Waals surface area contributed by atoms with Gasteiger partial charge >= 0.3 is 8.24 Å². The zero-order valence-corrected chi connectivity index (χ0v) is 17.0. The predicted octanol–water partition coefficient (Wildman–Crippen LogP) is 7.09. The maximum Gasteiger partial charge on any atom is 0.384 e. The van der Waals surface area contributed by atoms with Gasteiger partial charge < -0.3 is 8.39 Å². The van der Waals surface area contributed by atoms with E-state index in [0.717, 1.165) is 58.7 Å². The van der Waals surface area contributed by atoms with Crippen LogP contribution in [0.4, 0.5) is 0 Å². The van der Waals surface area contributed by atoms with Gasteiger partial charge in [-0.05, 0) is 85.8 Å². The Kier molecular flexibility index (Phi) is 4.45. The van der Waals surface area contributed by atoms with E-state index in [1.807, 2.05) is 12.2 Å². The molecule has 0 fully saturated rings. The van der Waals surface area contributed by atoms with Gasteiger partial charge in [0, 0.05) is 21.9 Å². The monoisotopic (exact) mass is 392 g/mol. The lowest BCUT2D eigenvalue weighted by atomic mass is 9.82. The largest absolute Gasteiger partial charge is 0.398 e. The van der Waals surface area contributed by atoms with E-state index in [-0.39, 0.29) is 0 Å². The van der Waals surface area contributed by atoms with E-state index in [4.69, 9.17) is 8.39 Å². The van der Waals surface area contributed by atoms with Gasteiger partial charge in [0.1, 0.15) is 0 Å². The van der Waals surface area contributed by atoms with Crippen LogP contribution in [0.3, 0.4) is 0 Å². The molecule has 3 aromatic rings. The van der Waals surface area contributed by atoms with E-state index in [9.17, 15) is 4.89 Å². The summed E-state index contributed by atoms with van der Waals surface area (Å²) in [7, 11) is -2.06. The molecule has 0 bridgehead atoms. The summed E-state index contributed by atoms with van der Waals surface area (Å²) in [4.78, 5) is 10.6. The first-order valence-corrected chi connectivity index (χ1v) is 11.3. The second-order valence-electron chi connectivity index (χ2n) is 7.86. The minimum atomic E-state index is -2.06. The molecule has 144 valence electrons. The molecule has 0 atom stereocenters. The summed E-state index contributed by atoms with van der Waals surface area (Å²) < 4.78 is 12.0. The van der Waals surface area contributed by atoms with Crippen LogP contribution in [0.2, 0.25) is 0 Å². The van der Waals surface area contributed by atoms with Crippen LogP contribution >= 0.6 is 8.24 Å². The van der Waals surface area contributed by atoms with Gasteiger partial charge in [0.15, 0.2) is 11.2 Å². The fraction of sp³-hybridized carbons (Fsp3) is 0.333. The molecule has 1 N–H and O–H groups in total. The maximum absolute atomic E-state index is 10.6. The van der Waals surface area contributed by atoms with Gasteiger partial charge in [-0.3, -0.25) is 4.89 Å². The minimum Gasteiger partial charge on any atom is -0.398 e.